The summed E-state index contributed by atoms with van der Waals surface area (Å²) >= 11 is 0. The van der Waals surface area contributed by atoms with Gasteiger partial charge in [-0.1, -0.05) is 48.5 Å². The Hall–Kier alpha value is -6.02. The number of ether oxygens (including phenoxy) is 4. The summed E-state index contributed by atoms with van der Waals surface area (Å²) in [6.07, 6.45) is 0. The molecule has 16 heteroatoms. The first-order chi connectivity index (χ1) is 23.8. The van der Waals surface area contributed by atoms with Crippen LogP contribution in [0.4, 0.5) is 0 Å². The number of benzene rings is 4. The molecule has 0 bridgehead atoms. The predicted molar refractivity (Wildman–Crippen MR) is 172 cm³/mol. The zero-order chi connectivity index (χ0) is 38.5. The van der Waals surface area contributed by atoms with Crippen LogP contribution in [0.3, 0.4) is 0 Å². The van der Waals surface area contributed by atoms with Crippen LogP contribution in [-0.4, -0.2) is 52.3 Å². The molecule has 0 aliphatic carbocycles. The van der Waals surface area contributed by atoms with E-state index >= 15 is 0 Å². The van der Waals surface area contributed by atoms with E-state index in [1.807, 2.05) is 0 Å². The molecule has 4 rings (SSSR count). The van der Waals surface area contributed by atoms with E-state index < -0.39 is 23.9 Å². The Kier molecular flexibility index (Phi) is 32.7. The van der Waals surface area contributed by atoms with Crippen molar-refractivity contribution >= 4 is 23.9 Å². The number of hydrogen-bond donors (Lipinski definition) is 0. The zero-order valence-electron chi connectivity index (χ0n) is 28.6. The summed E-state index contributed by atoms with van der Waals surface area (Å²) in [4.78, 5) is 41.2. The number of rotatable bonds is 8. The van der Waals surface area contributed by atoms with Crippen molar-refractivity contribution in [3.8, 4) is 35.1 Å². The molecular formula is C36H34Cu2N2O12. The molecule has 14 nitrogen and oxygen atoms in total. The second kappa shape index (κ2) is 32.2. The maximum Gasteiger partial charge on any atom is 2.00 e. The molecule has 0 aromatic heterocycles. The van der Waals surface area contributed by atoms with Gasteiger partial charge in [-0.3, -0.25) is 0 Å². The van der Waals surface area contributed by atoms with E-state index in [0.29, 0.717) is 23.0 Å². The van der Waals surface area contributed by atoms with Crippen LogP contribution in [0.5, 0.6) is 23.0 Å². The molecule has 0 heterocycles. The molecule has 0 aliphatic rings. The van der Waals surface area contributed by atoms with Crippen molar-refractivity contribution in [1.82, 2.24) is 0 Å². The van der Waals surface area contributed by atoms with Crippen molar-refractivity contribution in [2.75, 3.05) is 28.4 Å². The Morgan fingerprint density at radius 3 is 0.712 bits per heavy atom. The minimum Gasteiger partial charge on any atom is -0.545 e. The van der Waals surface area contributed by atoms with E-state index in [-0.39, 0.29) is 56.4 Å². The minimum atomic E-state index is -1.19. The van der Waals surface area contributed by atoms with Gasteiger partial charge < -0.3 is 58.6 Å². The van der Waals surface area contributed by atoms with Gasteiger partial charge in [0.15, 0.2) is 0 Å². The summed E-state index contributed by atoms with van der Waals surface area (Å²) in [7, 11) is 5.92. The van der Waals surface area contributed by atoms with Crippen molar-refractivity contribution in [3.05, 3.63) is 119 Å². The topological polar surface area (TPSA) is 245 Å². The Bertz CT molecular complexity index is 1500. The van der Waals surface area contributed by atoms with Gasteiger partial charge in [0.25, 0.3) is 0 Å². The SMILES string of the molecule is CC#N.CC#N.COc1cccc(C(=O)[O-])c1.COc1cccc(C(=O)[O-])c1.COc1cccc(C(=O)[O-])c1.COc1cccc(C(=O)[O-])c1.[Cu+2].[Cu+2]. The number of aromatic carboxylic acids is 4. The molecule has 52 heavy (non-hydrogen) atoms. The number of carbonyl (C=O) groups is 4. The van der Waals surface area contributed by atoms with Crippen molar-refractivity contribution in [1.29, 1.82) is 10.5 Å². The molecule has 4 aromatic carbocycles. The number of hydrogen-bond acceptors (Lipinski definition) is 14. The monoisotopic (exact) mass is 812 g/mol. The van der Waals surface area contributed by atoms with Crippen molar-refractivity contribution in [3.63, 3.8) is 0 Å². The Labute approximate surface area is 322 Å². The van der Waals surface area contributed by atoms with Gasteiger partial charge in [0, 0.05) is 36.1 Å². The molecule has 0 spiro atoms. The summed E-state index contributed by atoms with van der Waals surface area (Å²) < 4.78 is 19.3. The Morgan fingerprint density at radius 1 is 0.442 bits per heavy atom. The van der Waals surface area contributed by atoms with Crippen LogP contribution in [0.15, 0.2) is 97.1 Å². The summed E-state index contributed by atoms with van der Waals surface area (Å²) in [5, 5.41) is 55.8. The predicted octanol–water partition coefficient (Wildman–Crippen LogP) is 1.29. The fourth-order valence-corrected chi connectivity index (χ4v) is 3.00. The summed E-state index contributed by atoms with van der Waals surface area (Å²) in [5.41, 5.74) is 0.516. The molecule has 0 saturated carbocycles. The third kappa shape index (κ3) is 24.2. The number of carbonyl (C=O) groups excluding carboxylic acids is 4. The largest absolute Gasteiger partial charge is 2.00 e. The third-order valence-electron chi connectivity index (χ3n) is 5.22. The minimum absolute atomic E-state index is 0. The maximum absolute atomic E-state index is 10.3. The first-order valence-electron chi connectivity index (χ1n) is 13.8. The molecular weight excluding hydrogens is 779 g/mol. The average molecular weight is 814 g/mol. The van der Waals surface area contributed by atoms with Gasteiger partial charge in [0.2, 0.25) is 0 Å². The van der Waals surface area contributed by atoms with E-state index in [4.69, 9.17) is 29.5 Å². The van der Waals surface area contributed by atoms with E-state index in [9.17, 15) is 39.6 Å². The molecule has 0 fully saturated rings. The summed E-state index contributed by atoms with van der Waals surface area (Å²) in [6, 6.07) is 28.1. The quantitative estimate of drug-likeness (QED) is 0.228. The van der Waals surface area contributed by atoms with Gasteiger partial charge in [0.05, 0.1) is 64.5 Å². The van der Waals surface area contributed by atoms with Gasteiger partial charge in [-0.25, -0.2) is 0 Å². The van der Waals surface area contributed by atoms with Crippen LogP contribution in [0.2, 0.25) is 0 Å². The van der Waals surface area contributed by atoms with E-state index in [1.165, 1.54) is 90.8 Å². The third-order valence-corrected chi connectivity index (χ3v) is 5.22. The molecule has 0 aliphatic heterocycles. The number of carboxylic acids is 4. The fourth-order valence-electron chi connectivity index (χ4n) is 3.00. The second-order valence-electron chi connectivity index (χ2n) is 8.52. The van der Waals surface area contributed by atoms with Crippen molar-refractivity contribution < 1.29 is 92.7 Å². The maximum atomic E-state index is 10.3. The van der Waals surface area contributed by atoms with Crippen LogP contribution < -0.4 is 39.4 Å². The smallest absolute Gasteiger partial charge is 0.545 e. The van der Waals surface area contributed by atoms with Gasteiger partial charge in [-0.2, -0.15) is 10.5 Å². The molecule has 0 N–H and O–H groups in total. The zero-order valence-corrected chi connectivity index (χ0v) is 30.5. The van der Waals surface area contributed by atoms with Crippen LogP contribution in [-0.2, 0) is 34.1 Å². The Morgan fingerprint density at radius 2 is 0.596 bits per heavy atom. The molecule has 0 amide bonds. The van der Waals surface area contributed by atoms with Crippen LogP contribution in [0, 0.1) is 22.7 Å². The van der Waals surface area contributed by atoms with Crippen LogP contribution in [0.25, 0.3) is 0 Å². The molecule has 0 saturated heterocycles. The van der Waals surface area contributed by atoms with Gasteiger partial charge in [-0.05, 0) is 48.5 Å². The number of nitriles is 2. The summed E-state index contributed by atoms with van der Waals surface area (Å²) in [6.45, 7) is 2.86. The normalized spacial score (nSPS) is 8.08. The standard InChI is InChI=1S/4C8H8O3.2C2H3N.2Cu/c4*1-11-7-4-2-3-6(5-7)8(9)10;2*1-2-3;;/h4*2-5H,1H3,(H,9,10);2*1H3;;/q;;;;;;2*+2/p-4. The molecule has 4 aromatic rings. The summed E-state index contributed by atoms with van der Waals surface area (Å²) in [5.74, 6) is -2.68. The number of nitrogens with zero attached hydrogens (tertiary/aromatic N) is 2. The van der Waals surface area contributed by atoms with Crippen molar-refractivity contribution in [2.45, 2.75) is 13.8 Å². The molecule has 0 unspecified atom stereocenters. The van der Waals surface area contributed by atoms with Crippen LogP contribution >= 0.6 is 0 Å². The number of carboxylic acid groups (broad SMARTS) is 4. The van der Waals surface area contributed by atoms with E-state index in [0.717, 1.165) is 0 Å². The van der Waals surface area contributed by atoms with Gasteiger partial charge >= 0.3 is 34.1 Å². The molecule has 0 atom stereocenters. The van der Waals surface area contributed by atoms with Crippen LogP contribution in [0.1, 0.15) is 55.3 Å². The van der Waals surface area contributed by atoms with E-state index in [2.05, 4.69) is 0 Å². The molecule has 282 valence electrons. The fraction of sp³-hybridized carbons (Fsp3) is 0.167. The first-order valence-corrected chi connectivity index (χ1v) is 13.8. The van der Waals surface area contributed by atoms with E-state index in [1.54, 1.807) is 60.7 Å². The van der Waals surface area contributed by atoms with Gasteiger partial charge in [-0.15, -0.1) is 0 Å². The molecule has 2 radical (unpaired) electrons. The first kappa shape index (κ1) is 52.8. The Balaban J connectivity index is -0.000000277. The average Bonchev–Trinajstić information content (AvgIpc) is 3.13. The van der Waals surface area contributed by atoms with Crippen molar-refractivity contribution in [2.24, 2.45) is 0 Å². The second-order valence-corrected chi connectivity index (χ2v) is 8.52. The number of methoxy groups -OCH3 is 4. The van der Waals surface area contributed by atoms with Gasteiger partial charge in [0.1, 0.15) is 23.0 Å².